The molecule has 0 aliphatic carbocycles. The highest BCUT2D eigenvalue weighted by molar-refractivity contribution is 7.45. The van der Waals surface area contributed by atoms with Crippen LogP contribution in [-0.2, 0) is 23.1 Å². The Morgan fingerprint density at radius 1 is 0.795 bits per heavy atom. The molecule has 10 heteroatoms. The van der Waals surface area contributed by atoms with Gasteiger partial charge in [-0.2, -0.15) is 0 Å². The summed E-state index contributed by atoms with van der Waals surface area (Å²) in [7, 11) is 1.15. The summed E-state index contributed by atoms with van der Waals surface area (Å²) in [4.78, 5) is 23.2. The molecule has 0 bridgehead atoms. The lowest BCUT2D eigenvalue weighted by atomic mass is 10.0. The Bertz CT molecular complexity index is 629. The summed E-state index contributed by atoms with van der Waals surface area (Å²) in [5, 5.41) is 18.8. The Labute approximate surface area is 238 Å². The van der Waals surface area contributed by atoms with Crippen molar-refractivity contribution in [1.82, 2.24) is 0 Å². The van der Waals surface area contributed by atoms with Crippen molar-refractivity contribution in [2.75, 3.05) is 47.5 Å². The van der Waals surface area contributed by atoms with Gasteiger partial charge in [-0.05, 0) is 19.3 Å². The SMILES string of the molecule is CCCCCCCCCCCCCCCCOC(CCCCC(=O)O)[C@H](CO)OP(=O)([O-])OCC[N+](C)(C)C. The fraction of sp³-hybridized carbons (Fsp3) is 0.966. The van der Waals surface area contributed by atoms with Gasteiger partial charge in [0, 0.05) is 13.0 Å². The fourth-order valence-electron chi connectivity index (χ4n) is 4.37. The van der Waals surface area contributed by atoms with E-state index in [0.717, 1.165) is 19.3 Å². The summed E-state index contributed by atoms with van der Waals surface area (Å²) in [5.74, 6) is -0.875. The number of quaternary nitrogens is 1. The second-order valence-corrected chi connectivity index (χ2v) is 13.1. The molecule has 0 saturated carbocycles. The second-order valence-electron chi connectivity index (χ2n) is 11.8. The van der Waals surface area contributed by atoms with Gasteiger partial charge < -0.3 is 33.4 Å². The number of nitrogens with zero attached hydrogens (tertiary/aromatic N) is 1. The number of aliphatic hydroxyl groups excluding tert-OH is 1. The number of hydrogen-bond acceptors (Lipinski definition) is 7. The van der Waals surface area contributed by atoms with Gasteiger partial charge >= 0.3 is 5.97 Å². The Morgan fingerprint density at radius 3 is 1.77 bits per heavy atom. The van der Waals surface area contributed by atoms with Crippen molar-refractivity contribution >= 4 is 13.8 Å². The standard InChI is InChI=1S/C29H60NO8P/c1-5-6-7-8-9-10-11-12-13-14-15-16-17-20-24-36-27(21-18-19-22-29(32)33)28(26-31)38-39(34,35)37-25-23-30(2,3)4/h27-28,31H,5-26H2,1-4H3,(H-,32,33,34,35)/t27?,28-/m0/s1. The largest absolute Gasteiger partial charge is 0.756 e. The first-order valence-corrected chi connectivity index (χ1v) is 16.9. The van der Waals surface area contributed by atoms with Crippen LogP contribution >= 0.6 is 7.82 Å². The number of hydrogen-bond donors (Lipinski definition) is 2. The average molecular weight is 582 g/mol. The summed E-state index contributed by atoms with van der Waals surface area (Å²) < 4.78 is 29.0. The van der Waals surface area contributed by atoms with E-state index in [2.05, 4.69) is 6.92 Å². The molecule has 0 aromatic carbocycles. The monoisotopic (exact) mass is 581 g/mol. The van der Waals surface area contributed by atoms with Crippen LogP contribution in [0.25, 0.3) is 0 Å². The Morgan fingerprint density at radius 2 is 1.31 bits per heavy atom. The molecule has 2 unspecified atom stereocenters. The van der Waals surface area contributed by atoms with E-state index in [4.69, 9.17) is 18.9 Å². The molecule has 0 aromatic heterocycles. The van der Waals surface area contributed by atoms with Crippen molar-refractivity contribution in [1.29, 1.82) is 0 Å². The summed E-state index contributed by atoms with van der Waals surface area (Å²) >= 11 is 0. The van der Waals surface area contributed by atoms with Crippen LogP contribution < -0.4 is 4.89 Å². The lowest BCUT2D eigenvalue weighted by Crippen LogP contribution is -2.38. The van der Waals surface area contributed by atoms with E-state index < -0.39 is 32.6 Å². The molecule has 0 rings (SSSR count). The zero-order valence-electron chi connectivity index (χ0n) is 25.4. The van der Waals surface area contributed by atoms with Crippen molar-refractivity contribution < 1.29 is 42.7 Å². The molecule has 0 aliphatic heterocycles. The quantitative estimate of drug-likeness (QED) is 0.0620. The predicted molar refractivity (Wildman–Crippen MR) is 155 cm³/mol. The van der Waals surface area contributed by atoms with E-state index in [1.54, 1.807) is 0 Å². The summed E-state index contributed by atoms with van der Waals surface area (Å²) in [6.45, 7) is 2.61. The van der Waals surface area contributed by atoms with Crippen LogP contribution in [-0.4, -0.2) is 80.4 Å². The number of ether oxygens (including phenoxy) is 1. The zero-order valence-corrected chi connectivity index (χ0v) is 26.3. The molecule has 0 radical (unpaired) electrons. The number of aliphatic hydroxyl groups is 1. The third-order valence-electron chi connectivity index (χ3n) is 6.83. The van der Waals surface area contributed by atoms with Crippen LogP contribution in [0.5, 0.6) is 0 Å². The van der Waals surface area contributed by atoms with E-state index in [0.29, 0.717) is 36.9 Å². The van der Waals surface area contributed by atoms with Crippen molar-refractivity contribution in [2.45, 2.75) is 135 Å². The first-order chi connectivity index (χ1) is 18.5. The number of phosphoric ester groups is 1. The number of unbranched alkanes of at least 4 members (excludes halogenated alkanes) is 14. The molecule has 0 heterocycles. The molecule has 0 aromatic rings. The molecule has 0 amide bonds. The van der Waals surface area contributed by atoms with Gasteiger partial charge in [0.1, 0.15) is 19.3 Å². The Balaban J connectivity index is 4.33. The minimum absolute atomic E-state index is 0.0222. The second kappa shape index (κ2) is 24.1. The van der Waals surface area contributed by atoms with Gasteiger partial charge in [-0.15, -0.1) is 0 Å². The maximum atomic E-state index is 12.4. The van der Waals surface area contributed by atoms with Gasteiger partial charge in [-0.3, -0.25) is 9.36 Å². The number of carbonyl (C=O) groups is 1. The van der Waals surface area contributed by atoms with Crippen LogP contribution in [0.3, 0.4) is 0 Å². The van der Waals surface area contributed by atoms with Crippen molar-refractivity contribution in [3.05, 3.63) is 0 Å². The average Bonchev–Trinajstić information content (AvgIpc) is 2.85. The molecule has 0 aliphatic rings. The molecule has 0 spiro atoms. The molecule has 234 valence electrons. The number of rotatable bonds is 29. The lowest BCUT2D eigenvalue weighted by Gasteiger charge is -2.33. The Kier molecular flexibility index (Phi) is 23.8. The summed E-state index contributed by atoms with van der Waals surface area (Å²) in [5.41, 5.74) is 0. The minimum atomic E-state index is -4.63. The van der Waals surface area contributed by atoms with Crippen LogP contribution in [0.4, 0.5) is 0 Å². The third-order valence-corrected chi connectivity index (χ3v) is 7.86. The molecule has 3 atom stereocenters. The predicted octanol–water partition coefficient (Wildman–Crippen LogP) is 6.07. The zero-order chi connectivity index (χ0) is 29.4. The molecule has 9 nitrogen and oxygen atoms in total. The van der Waals surface area contributed by atoms with Gasteiger partial charge in [0.05, 0.1) is 33.9 Å². The lowest BCUT2D eigenvalue weighted by molar-refractivity contribution is -0.870. The van der Waals surface area contributed by atoms with Gasteiger partial charge in [0.25, 0.3) is 7.82 Å². The fourth-order valence-corrected chi connectivity index (χ4v) is 5.27. The van der Waals surface area contributed by atoms with E-state index in [9.17, 15) is 19.4 Å². The van der Waals surface area contributed by atoms with Gasteiger partial charge in [0.15, 0.2) is 0 Å². The van der Waals surface area contributed by atoms with Crippen LogP contribution in [0, 0.1) is 0 Å². The minimum Gasteiger partial charge on any atom is -0.756 e. The van der Waals surface area contributed by atoms with Gasteiger partial charge in [-0.25, -0.2) is 0 Å². The van der Waals surface area contributed by atoms with E-state index in [1.807, 2.05) is 21.1 Å². The molecular formula is C29H60NO8P. The maximum Gasteiger partial charge on any atom is 0.303 e. The number of phosphoric acid groups is 1. The molecule has 39 heavy (non-hydrogen) atoms. The summed E-state index contributed by atoms with van der Waals surface area (Å²) in [6.07, 6.45) is 17.3. The highest BCUT2D eigenvalue weighted by Crippen LogP contribution is 2.41. The number of carboxylic acids is 1. The van der Waals surface area contributed by atoms with Crippen molar-refractivity contribution in [2.24, 2.45) is 0 Å². The highest BCUT2D eigenvalue weighted by Gasteiger charge is 2.27. The third kappa shape index (κ3) is 26.1. The number of aliphatic carboxylic acids is 1. The van der Waals surface area contributed by atoms with E-state index in [1.165, 1.54) is 70.6 Å². The topological polar surface area (TPSA) is 125 Å². The van der Waals surface area contributed by atoms with E-state index in [-0.39, 0.29) is 13.0 Å². The van der Waals surface area contributed by atoms with Crippen molar-refractivity contribution in [3.63, 3.8) is 0 Å². The smallest absolute Gasteiger partial charge is 0.303 e. The molecular weight excluding hydrogens is 521 g/mol. The maximum absolute atomic E-state index is 12.4. The van der Waals surface area contributed by atoms with Crippen LogP contribution in [0.15, 0.2) is 0 Å². The summed E-state index contributed by atoms with van der Waals surface area (Å²) in [6, 6.07) is 0. The van der Waals surface area contributed by atoms with Gasteiger partial charge in [0.2, 0.25) is 0 Å². The highest BCUT2D eigenvalue weighted by atomic mass is 31.2. The Hall–Kier alpha value is -0.540. The first-order valence-electron chi connectivity index (χ1n) is 15.4. The van der Waals surface area contributed by atoms with Crippen LogP contribution in [0.2, 0.25) is 0 Å². The number of carboxylic acid groups (broad SMARTS) is 1. The normalized spacial score (nSPS) is 15.2. The van der Waals surface area contributed by atoms with E-state index >= 15 is 0 Å². The first kappa shape index (κ1) is 38.5. The van der Waals surface area contributed by atoms with Gasteiger partial charge in [-0.1, -0.05) is 96.8 Å². The van der Waals surface area contributed by atoms with Crippen LogP contribution in [0.1, 0.15) is 122 Å². The van der Waals surface area contributed by atoms with Crippen molar-refractivity contribution in [3.8, 4) is 0 Å². The molecule has 0 saturated heterocycles. The number of likely N-dealkylation sites (N-methyl/N-ethyl adjacent to an activating group) is 1. The molecule has 2 N–H and O–H groups in total. The molecule has 0 fully saturated rings.